The smallest absolute Gasteiger partial charge is 0.235 e. The fourth-order valence-electron chi connectivity index (χ4n) is 1.67. The van der Waals surface area contributed by atoms with Crippen LogP contribution in [0.25, 0.3) is 10.9 Å². The predicted molar refractivity (Wildman–Crippen MR) is 74.2 cm³/mol. The van der Waals surface area contributed by atoms with Crippen molar-refractivity contribution in [1.82, 2.24) is 4.98 Å². The molecule has 0 bridgehead atoms. The van der Waals surface area contributed by atoms with Gasteiger partial charge in [0.2, 0.25) is 10.0 Å². The van der Waals surface area contributed by atoms with Crippen LogP contribution in [0.3, 0.4) is 0 Å². The second kappa shape index (κ2) is 4.57. The maximum Gasteiger partial charge on any atom is 0.235 e. The summed E-state index contributed by atoms with van der Waals surface area (Å²) in [6.07, 6.45) is 1.70. The molecule has 0 spiro atoms. The summed E-state index contributed by atoms with van der Waals surface area (Å²) in [6, 6.07) is 7.31. The van der Waals surface area contributed by atoms with Gasteiger partial charge in [0.05, 0.1) is 16.5 Å². The standard InChI is InChI=1S/C13H16N2O2S/c1-9(2)18(16,17)15-12-7-6-10(3)13-11(12)5-4-8-14-13/h4-9,15H,1-3H3. The monoisotopic (exact) mass is 264 g/mol. The van der Waals surface area contributed by atoms with E-state index in [1.54, 1.807) is 32.2 Å². The van der Waals surface area contributed by atoms with Gasteiger partial charge >= 0.3 is 0 Å². The molecule has 0 fully saturated rings. The first-order valence-corrected chi connectivity index (χ1v) is 7.32. The number of pyridine rings is 1. The van der Waals surface area contributed by atoms with Crippen LogP contribution in [-0.4, -0.2) is 18.7 Å². The van der Waals surface area contributed by atoms with Gasteiger partial charge in [-0.3, -0.25) is 9.71 Å². The maximum atomic E-state index is 11.9. The van der Waals surface area contributed by atoms with Crippen molar-refractivity contribution in [3.05, 3.63) is 36.0 Å². The van der Waals surface area contributed by atoms with Crippen LogP contribution in [0.2, 0.25) is 0 Å². The minimum atomic E-state index is -3.33. The number of anilines is 1. The van der Waals surface area contributed by atoms with Crippen LogP contribution < -0.4 is 4.72 Å². The lowest BCUT2D eigenvalue weighted by atomic mass is 10.1. The Labute approximate surface area is 107 Å². The lowest BCUT2D eigenvalue weighted by Gasteiger charge is -2.13. The highest BCUT2D eigenvalue weighted by atomic mass is 32.2. The number of nitrogens with one attached hydrogen (secondary N) is 1. The summed E-state index contributed by atoms with van der Waals surface area (Å²) in [7, 11) is -3.33. The largest absolute Gasteiger partial charge is 0.283 e. The fourth-order valence-corrected chi connectivity index (χ4v) is 2.39. The molecule has 5 heteroatoms. The molecule has 0 saturated heterocycles. The van der Waals surface area contributed by atoms with Crippen molar-refractivity contribution in [3.8, 4) is 0 Å². The van der Waals surface area contributed by atoms with Crippen LogP contribution in [-0.2, 0) is 10.0 Å². The zero-order chi connectivity index (χ0) is 13.3. The Balaban J connectivity index is 2.57. The Kier molecular flexibility index (Phi) is 3.26. The zero-order valence-electron chi connectivity index (χ0n) is 10.6. The molecule has 1 heterocycles. The predicted octanol–water partition coefficient (Wildman–Crippen LogP) is 2.69. The Morgan fingerprint density at radius 3 is 2.61 bits per heavy atom. The van der Waals surface area contributed by atoms with E-state index in [2.05, 4.69) is 9.71 Å². The number of hydrogen-bond acceptors (Lipinski definition) is 3. The molecule has 2 rings (SSSR count). The van der Waals surface area contributed by atoms with Crippen molar-refractivity contribution in [1.29, 1.82) is 0 Å². The first kappa shape index (κ1) is 12.8. The van der Waals surface area contributed by atoms with Gasteiger partial charge in [0, 0.05) is 11.6 Å². The van der Waals surface area contributed by atoms with E-state index in [4.69, 9.17) is 0 Å². The average Bonchev–Trinajstić information content (AvgIpc) is 2.33. The summed E-state index contributed by atoms with van der Waals surface area (Å²) in [4.78, 5) is 4.28. The first-order chi connectivity index (χ1) is 8.42. The summed E-state index contributed by atoms with van der Waals surface area (Å²) < 4.78 is 26.4. The van der Waals surface area contributed by atoms with Crippen molar-refractivity contribution in [2.75, 3.05) is 4.72 Å². The normalized spacial score (nSPS) is 12.0. The van der Waals surface area contributed by atoms with E-state index < -0.39 is 15.3 Å². The van der Waals surface area contributed by atoms with Crippen LogP contribution in [0.1, 0.15) is 19.4 Å². The summed E-state index contributed by atoms with van der Waals surface area (Å²) in [5.74, 6) is 0. The number of sulfonamides is 1. The SMILES string of the molecule is Cc1ccc(NS(=O)(=O)C(C)C)c2cccnc12. The second-order valence-corrected chi connectivity index (χ2v) is 6.76. The van der Waals surface area contributed by atoms with E-state index in [0.29, 0.717) is 5.69 Å². The van der Waals surface area contributed by atoms with E-state index in [0.717, 1.165) is 16.5 Å². The van der Waals surface area contributed by atoms with Crippen LogP contribution >= 0.6 is 0 Å². The summed E-state index contributed by atoms with van der Waals surface area (Å²) in [6.45, 7) is 5.25. The highest BCUT2D eigenvalue weighted by molar-refractivity contribution is 7.93. The number of benzene rings is 1. The van der Waals surface area contributed by atoms with E-state index in [9.17, 15) is 8.42 Å². The molecule has 1 aromatic carbocycles. The van der Waals surface area contributed by atoms with Crippen molar-refractivity contribution >= 4 is 26.6 Å². The molecule has 96 valence electrons. The molecule has 0 unspecified atom stereocenters. The molecule has 0 aliphatic rings. The molecule has 0 aliphatic heterocycles. The Morgan fingerprint density at radius 2 is 1.94 bits per heavy atom. The third-order valence-corrected chi connectivity index (χ3v) is 4.59. The van der Waals surface area contributed by atoms with Crippen LogP contribution in [0.5, 0.6) is 0 Å². The van der Waals surface area contributed by atoms with Gasteiger partial charge in [-0.2, -0.15) is 0 Å². The molecule has 4 nitrogen and oxygen atoms in total. The average molecular weight is 264 g/mol. The van der Waals surface area contributed by atoms with Gasteiger partial charge in [0.15, 0.2) is 0 Å². The quantitative estimate of drug-likeness (QED) is 0.927. The topological polar surface area (TPSA) is 59.1 Å². The molecule has 0 atom stereocenters. The lowest BCUT2D eigenvalue weighted by molar-refractivity contribution is 0.593. The summed E-state index contributed by atoms with van der Waals surface area (Å²) in [5, 5.41) is 0.354. The third-order valence-electron chi connectivity index (χ3n) is 2.84. The second-order valence-electron chi connectivity index (χ2n) is 4.53. The van der Waals surface area contributed by atoms with Gasteiger partial charge in [-0.05, 0) is 44.5 Å². The third kappa shape index (κ3) is 2.31. The zero-order valence-corrected chi connectivity index (χ0v) is 11.5. The molecule has 0 amide bonds. The number of aryl methyl sites for hydroxylation is 1. The molecule has 0 saturated carbocycles. The van der Waals surface area contributed by atoms with Crippen molar-refractivity contribution < 1.29 is 8.42 Å². The highest BCUT2D eigenvalue weighted by Gasteiger charge is 2.17. The van der Waals surface area contributed by atoms with E-state index >= 15 is 0 Å². The van der Waals surface area contributed by atoms with Gasteiger partial charge < -0.3 is 0 Å². The minimum absolute atomic E-state index is 0.467. The number of hydrogen-bond donors (Lipinski definition) is 1. The first-order valence-electron chi connectivity index (χ1n) is 5.78. The number of aromatic nitrogens is 1. The van der Waals surface area contributed by atoms with Gasteiger partial charge in [-0.15, -0.1) is 0 Å². The van der Waals surface area contributed by atoms with Crippen LogP contribution in [0.15, 0.2) is 30.5 Å². The molecule has 0 radical (unpaired) electrons. The van der Waals surface area contributed by atoms with Gasteiger partial charge in [0.1, 0.15) is 0 Å². The molecule has 18 heavy (non-hydrogen) atoms. The fraction of sp³-hybridized carbons (Fsp3) is 0.308. The molecule has 0 aliphatic carbocycles. The molecule has 2 aromatic rings. The molecule has 1 N–H and O–H groups in total. The van der Waals surface area contributed by atoms with Crippen molar-refractivity contribution in [2.45, 2.75) is 26.0 Å². The maximum absolute atomic E-state index is 11.9. The van der Waals surface area contributed by atoms with Crippen LogP contribution in [0.4, 0.5) is 5.69 Å². The van der Waals surface area contributed by atoms with Crippen molar-refractivity contribution in [3.63, 3.8) is 0 Å². The van der Waals surface area contributed by atoms with E-state index in [-0.39, 0.29) is 0 Å². The minimum Gasteiger partial charge on any atom is -0.283 e. The summed E-state index contributed by atoms with van der Waals surface area (Å²) in [5.41, 5.74) is 2.43. The van der Waals surface area contributed by atoms with Gasteiger partial charge in [0.25, 0.3) is 0 Å². The molecule has 1 aromatic heterocycles. The van der Waals surface area contributed by atoms with E-state index in [1.807, 2.05) is 19.1 Å². The van der Waals surface area contributed by atoms with E-state index in [1.165, 1.54) is 0 Å². The Bertz CT molecular complexity index is 678. The van der Waals surface area contributed by atoms with Gasteiger partial charge in [-0.25, -0.2) is 8.42 Å². The Hall–Kier alpha value is -1.62. The van der Waals surface area contributed by atoms with Gasteiger partial charge in [-0.1, -0.05) is 6.07 Å². The van der Waals surface area contributed by atoms with Crippen molar-refractivity contribution in [2.24, 2.45) is 0 Å². The molecular formula is C13H16N2O2S. The highest BCUT2D eigenvalue weighted by Crippen LogP contribution is 2.25. The lowest BCUT2D eigenvalue weighted by Crippen LogP contribution is -2.22. The number of nitrogens with zero attached hydrogens (tertiary/aromatic N) is 1. The molecular weight excluding hydrogens is 248 g/mol. The summed E-state index contributed by atoms with van der Waals surface area (Å²) >= 11 is 0. The number of rotatable bonds is 3. The Morgan fingerprint density at radius 1 is 1.22 bits per heavy atom. The van der Waals surface area contributed by atoms with Crippen LogP contribution in [0, 0.1) is 6.92 Å². The number of fused-ring (bicyclic) bond motifs is 1.